The molecule has 61 heavy (non-hydrogen) atoms. The number of aliphatic hydroxyl groups is 1. The summed E-state index contributed by atoms with van der Waals surface area (Å²) in [5.41, 5.74) is 1.04. The van der Waals surface area contributed by atoms with E-state index in [0.717, 1.165) is 11.9 Å². The molecule has 7 rings (SSSR count). The van der Waals surface area contributed by atoms with Crippen LogP contribution < -0.4 is 0 Å². The van der Waals surface area contributed by atoms with Crippen molar-refractivity contribution in [3.8, 4) is 0 Å². The van der Waals surface area contributed by atoms with Crippen LogP contribution in [0.5, 0.6) is 0 Å². The third kappa shape index (κ3) is 8.75. The minimum Gasteiger partial charge on any atom is -0.456 e. The monoisotopic (exact) mass is 861 g/mol. The Morgan fingerprint density at radius 3 is 1.82 bits per heavy atom. The fourth-order valence-electron chi connectivity index (χ4n) is 8.48. The first-order chi connectivity index (χ1) is 29.2. The number of nitro groups is 3. The Kier molecular flexibility index (Phi) is 12.3. The maximum absolute atomic E-state index is 14.7. The number of nitrogens with zero attached hydrogens (tertiary/aromatic N) is 6. The van der Waals surface area contributed by atoms with Gasteiger partial charge in [0, 0.05) is 74.7 Å². The number of ether oxygens (including phenoxy) is 3. The number of β-lactam (4-membered cyclic amide) rings is 1. The molecule has 0 saturated carbocycles. The van der Waals surface area contributed by atoms with E-state index in [1.165, 1.54) is 89.5 Å². The maximum atomic E-state index is 14.7. The highest BCUT2D eigenvalue weighted by molar-refractivity contribution is 7.98. The molecule has 4 heterocycles. The van der Waals surface area contributed by atoms with Gasteiger partial charge < -0.3 is 29.1 Å². The van der Waals surface area contributed by atoms with E-state index in [9.17, 15) is 54.6 Å². The molecule has 4 aliphatic heterocycles. The molecule has 3 aromatic carbocycles. The lowest BCUT2D eigenvalue weighted by Gasteiger charge is -2.44. The fourth-order valence-corrected chi connectivity index (χ4v) is 10.1. The second-order valence-corrected chi connectivity index (χ2v) is 16.6. The molecule has 0 aliphatic carbocycles. The van der Waals surface area contributed by atoms with E-state index < -0.39 is 62.9 Å². The van der Waals surface area contributed by atoms with Crippen LogP contribution in [-0.4, -0.2) is 95.4 Å². The molecule has 3 saturated heterocycles. The molecule has 4 aliphatic rings. The third-order valence-electron chi connectivity index (χ3n) is 11.6. The van der Waals surface area contributed by atoms with Crippen molar-refractivity contribution in [2.75, 3.05) is 19.6 Å². The van der Waals surface area contributed by atoms with Crippen LogP contribution in [0.1, 0.15) is 49.3 Å². The molecule has 0 aromatic heterocycles. The number of hydrogen-bond donors (Lipinski definition) is 1. The van der Waals surface area contributed by atoms with Gasteiger partial charge in [-0.15, -0.1) is 0 Å². The predicted octanol–water partition coefficient (Wildman–Crippen LogP) is 5.90. The van der Waals surface area contributed by atoms with Crippen LogP contribution in [0, 0.1) is 42.2 Å². The second kappa shape index (κ2) is 17.6. The Bertz CT molecular complexity index is 2270. The zero-order valence-electron chi connectivity index (χ0n) is 32.7. The molecule has 0 radical (unpaired) electrons. The second-order valence-electron chi connectivity index (χ2n) is 15.3. The largest absolute Gasteiger partial charge is 0.528 e. The molecule has 20 nitrogen and oxygen atoms in total. The Labute approximate surface area is 351 Å². The minimum absolute atomic E-state index is 0.0759. The lowest BCUT2D eigenvalue weighted by Crippen LogP contribution is -2.61. The number of carbonyl (C=O) groups is 4. The van der Waals surface area contributed by atoms with Gasteiger partial charge in [0.25, 0.3) is 17.1 Å². The molecule has 21 heteroatoms. The predicted molar refractivity (Wildman–Crippen MR) is 212 cm³/mol. The molecule has 6 atom stereocenters. The molecule has 0 spiro atoms. The van der Waals surface area contributed by atoms with Gasteiger partial charge in [-0.05, 0) is 66.4 Å². The molecular formula is C40H41N6O14S+. The normalized spacial score (nSPS) is 23.5. The molecule has 3 fully saturated rings. The van der Waals surface area contributed by atoms with Crippen LogP contribution in [0.2, 0.25) is 0 Å². The SMILES string of the molecule is C[C@@H](O)[C@H]1C(=O)N2C(C(=O)OCc3ccc([N+](=O)[O-])cc3)=C(S[N+]3(C(=O)OCc4ccc([N+](=O)[O-])cc4)CCC[C@H]3C3CCN(C(=O)OCc4ccc([N+](=O)[O-])cc4)C3)C[C@H]12. The van der Waals surface area contributed by atoms with Gasteiger partial charge in [-0.3, -0.25) is 35.1 Å². The first-order valence-corrected chi connectivity index (χ1v) is 20.2. The lowest BCUT2D eigenvalue weighted by molar-refractivity contribution is -0.738. The average Bonchev–Trinajstić information content (AvgIpc) is 3.98. The van der Waals surface area contributed by atoms with Crippen molar-refractivity contribution in [1.82, 2.24) is 9.80 Å². The van der Waals surface area contributed by atoms with E-state index in [1.54, 1.807) is 0 Å². The summed E-state index contributed by atoms with van der Waals surface area (Å²) < 4.78 is 16.8. The van der Waals surface area contributed by atoms with Crippen LogP contribution in [0.15, 0.2) is 83.4 Å². The molecule has 0 bridgehead atoms. The first-order valence-electron chi connectivity index (χ1n) is 19.4. The summed E-state index contributed by atoms with van der Waals surface area (Å²) in [7, 11) is 0. The van der Waals surface area contributed by atoms with Crippen molar-refractivity contribution in [3.05, 3.63) is 130 Å². The van der Waals surface area contributed by atoms with Gasteiger partial charge in [0.1, 0.15) is 50.1 Å². The van der Waals surface area contributed by atoms with Crippen LogP contribution in [0.3, 0.4) is 0 Å². The van der Waals surface area contributed by atoms with Gasteiger partial charge in [-0.2, -0.15) is 8.68 Å². The number of aliphatic hydroxyl groups excluding tert-OH is 1. The number of nitro benzene ring substituents is 3. The van der Waals surface area contributed by atoms with Crippen molar-refractivity contribution in [2.24, 2.45) is 11.8 Å². The summed E-state index contributed by atoms with van der Waals surface area (Å²) in [5, 5.41) is 43.9. The number of quaternary nitrogens is 1. The molecule has 1 N–H and O–H groups in total. The Morgan fingerprint density at radius 1 is 0.803 bits per heavy atom. The number of hydrogen-bond acceptors (Lipinski definition) is 15. The van der Waals surface area contributed by atoms with E-state index in [4.69, 9.17) is 14.2 Å². The maximum Gasteiger partial charge on any atom is 0.528 e. The highest BCUT2D eigenvalue weighted by Crippen LogP contribution is 2.53. The molecule has 320 valence electrons. The number of amides is 3. The topological polar surface area (TPSA) is 252 Å². The zero-order valence-corrected chi connectivity index (χ0v) is 33.5. The highest BCUT2D eigenvalue weighted by atomic mass is 32.2. The molecule has 3 aromatic rings. The standard InChI is InChI=1S/C40H41N6O14S/c1-24(47)35-32-19-34(36(42(32)37(35)48)38(49)58-21-25-4-10-29(11-5-25)43(52)53)61-46(40(51)60-23-27-8-14-31(15-9-27)45(56)57)18-2-3-33(46)28-16-17-41(20-28)39(50)59-22-26-6-12-30(13-7-26)44(54)55/h4-15,24,28,32-33,35,47H,2-3,16-23H2,1H3/q+1/t24-,28?,32-,33+,35-,46?/m1/s1. The smallest absolute Gasteiger partial charge is 0.456 e. The van der Waals surface area contributed by atoms with Crippen molar-refractivity contribution < 1.29 is 57.2 Å². The highest BCUT2D eigenvalue weighted by Gasteiger charge is 2.62. The van der Waals surface area contributed by atoms with Gasteiger partial charge in [0.15, 0.2) is 0 Å². The number of benzene rings is 3. The van der Waals surface area contributed by atoms with Gasteiger partial charge >= 0.3 is 18.2 Å². The number of likely N-dealkylation sites (tertiary alicyclic amines) is 2. The Hall–Kier alpha value is -6.45. The quantitative estimate of drug-likeness (QED) is 0.0377. The summed E-state index contributed by atoms with van der Waals surface area (Å²) in [5.74, 6) is -2.41. The average molecular weight is 862 g/mol. The van der Waals surface area contributed by atoms with Crippen LogP contribution in [0.25, 0.3) is 0 Å². The minimum atomic E-state index is -1.03. The number of esters is 1. The third-order valence-corrected chi connectivity index (χ3v) is 13.1. The van der Waals surface area contributed by atoms with E-state index in [0.29, 0.717) is 47.4 Å². The lowest BCUT2D eigenvalue weighted by atomic mass is 9.83. The molecular weight excluding hydrogens is 821 g/mol. The van der Waals surface area contributed by atoms with Gasteiger partial charge in [-0.1, -0.05) is 0 Å². The van der Waals surface area contributed by atoms with Crippen LogP contribution in [-0.2, 0) is 43.6 Å². The summed E-state index contributed by atoms with van der Waals surface area (Å²) in [6.07, 6.45) is -0.588. The number of rotatable bonds is 14. The number of carbonyl (C=O) groups excluding carboxylic acids is 4. The summed E-state index contributed by atoms with van der Waals surface area (Å²) in [6.45, 7) is 1.66. The van der Waals surface area contributed by atoms with Crippen molar-refractivity contribution >= 4 is 53.1 Å². The van der Waals surface area contributed by atoms with Crippen molar-refractivity contribution in [3.63, 3.8) is 0 Å². The summed E-state index contributed by atoms with van der Waals surface area (Å²) in [6, 6.07) is 15.6. The van der Waals surface area contributed by atoms with Gasteiger partial charge in [-0.25, -0.2) is 9.59 Å². The first kappa shape index (κ1) is 42.7. The van der Waals surface area contributed by atoms with Crippen molar-refractivity contribution in [2.45, 2.75) is 70.6 Å². The molecule has 3 amide bonds. The number of fused-ring (bicyclic) bond motifs is 1. The summed E-state index contributed by atoms with van der Waals surface area (Å²) >= 11 is 1.07. The Morgan fingerprint density at radius 2 is 1.31 bits per heavy atom. The van der Waals surface area contributed by atoms with Crippen molar-refractivity contribution in [1.29, 1.82) is 0 Å². The van der Waals surface area contributed by atoms with Crippen LogP contribution in [0.4, 0.5) is 26.7 Å². The van der Waals surface area contributed by atoms with E-state index in [1.807, 2.05) is 0 Å². The van der Waals surface area contributed by atoms with Gasteiger partial charge in [0.2, 0.25) is 5.91 Å². The fraction of sp³-hybridized carbons (Fsp3) is 0.400. The zero-order chi connectivity index (χ0) is 43.6. The van der Waals surface area contributed by atoms with Crippen LogP contribution >= 0.6 is 11.9 Å². The number of non-ortho nitro benzene ring substituents is 3. The van der Waals surface area contributed by atoms with E-state index >= 15 is 0 Å². The Balaban J connectivity index is 1.15. The van der Waals surface area contributed by atoms with E-state index in [-0.39, 0.29) is 71.9 Å². The van der Waals surface area contributed by atoms with E-state index in [2.05, 4.69) is 0 Å². The van der Waals surface area contributed by atoms with Gasteiger partial charge in [0.05, 0.1) is 37.7 Å². The molecule has 2 unspecified atom stereocenters. The summed E-state index contributed by atoms with van der Waals surface area (Å²) in [4.78, 5) is 90.4.